The molecule has 2 N–H and O–H groups in total. The number of hydrogen-bond donors (Lipinski definition) is 2. The normalized spacial score (nSPS) is 18.5. The Morgan fingerprint density at radius 1 is 1.06 bits per heavy atom. The Morgan fingerprint density at radius 3 is 2.54 bits per heavy atom. The Labute approximate surface area is 204 Å². The number of piperazine rings is 1. The lowest BCUT2D eigenvalue weighted by atomic mass is 10.1. The number of ether oxygens (including phenoxy) is 1. The number of esters is 1. The summed E-state index contributed by atoms with van der Waals surface area (Å²) in [6.45, 7) is 3.46. The van der Waals surface area contributed by atoms with Crippen molar-refractivity contribution in [1.82, 2.24) is 15.3 Å². The van der Waals surface area contributed by atoms with Crippen LogP contribution in [0.3, 0.4) is 0 Å². The molecule has 0 saturated carbocycles. The zero-order chi connectivity index (χ0) is 24.6. The molecule has 0 bridgehead atoms. The Bertz CT molecular complexity index is 1140. The highest BCUT2D eigenvalue weighted by Crippen LogP contribution is 2.24. The first-order valence-electron chi connectivity index (χ1n) is 11.4. The summed E-state index contributed by atoms with van der Waals surface area (Å²) in [5.74, 6) is -0.102. The number of anilines is 2. The van der Waals surface area contributed by atoms with Crippen LogP contribution in [0.1, 0.15) is 10.4 Å². The molecule has 35 heavy (non-hydrogen) atoms. The molecule has 0 aromatic heterocycles. The summed E-state index contributed by atoms with van der Waals surface area (Å²) < 4.78 is 4.74. The third kappa shape index (κ3) is 6.45. The number of rotatable bonds is 4. The number of carbonyl (C=O) groups is 2. The number of fused-ring (bicyclic) bond motifs is 1. The maximum atomic E-state index is 12.9. The van der Waals surface area contributed by atoms with Crippen LogP contribution in [-0.2, 0) is 9.53 Å². The van der Waals surface area contributed by atoms with Gasteiger partial charge in [0.25, 0.3) is 5.91 Å². The standard InChI is InChI=1S/C25H29N7O3/c1-30-28-22-7-4-3-6-21(22)26-13-5-8-23(29-30)27-25(34)19-9-11-20(12-10-19)32-16-14-31(15-17-32)18-24(33)35-2/h3-13,28H,14-18H2,1-2H3,(H,27,29,34)/b8-5+,26-13?. The summed E-state index contributed by atoms with van der Waals surface area (Å²) in [6, 6.07) is 15.1. The number of hydrazine groups is 1. The minimum Gasteiger partial charge on any atom is -0.468 e. The Hall–Kier alpha value is -4.18. The second-order valence-electron chi connectivity index (χ2n) is 8.12. The van der Waals surface area contributed by atoms with Gasteiger partial charge >= 0.3 is 5.97 Å². The van der Waals surface area contributed by atoms with E-state index in [1.807, 2.05) is 36.4 Å². The summed E-state index contributed by atoms with van der Waals surface area (Å²) >= 11 is 0. The highest BCUT2D eigenvalue weighted by Gasteiger charge is 2.20. The smallest absolute Gasteiger partial charge is 0.319 e. The third-order valence-corrected chi connectivity index (χ3v) is 5.69. The van der Waals surface area contributed by atoms with Crippen molar-refractivity contribution in [2.75, 3.05) is 57.2 Å². The Kier molecular flexibility index (Phi) is 7.74. The van der Waals surface area contributed by atoms with E-state index >= 15 is 0 Å². The fourth-order valence-electron chi connectivity index (χ4n) is 3.82. The fourth-order valence-corrected chi connectivity index (χ4v) is 3.82. The number of para-hydroxylation sites is 2. The number of hydrogen-bond acceptors (Lipinski definition) is 9. The summed E-state index contributed by atoms with van der Waals surface area (Å²) in [5.41, 5.74) is 6.30. The molecule has 0 unspecified atom stereocenters. The van der Waals surface area contributed by atoms with Crippen LogP contribution in [0.2, 0.25) is 0 Å². The average Bonchev–Trinajstić information content (AvgIpc) is 2.87. The molecule has 2 heterocycles. The third-order valence-electron chi connectivity index (χ3n) is 5.69. The van der Waals surface area contributed by atoms with Crippen molar-refractivity contribution in [2.24, 2.45) is 10.1 Å². The van der Waals surface area contributed by atoms with Crippen LogP contribution < -0.4 is 15.6 Å². The van der Waals surface area contributed by atoms with Gasteiger partial charge in [-0.25, -0.2) is 5.12 Å². The average molecular weight is 476 g/mol. The van der Waals surface area contributed by atoms with Gasteiger partial charge in [0.05, 0.1) is 25.0 Å². The lowest BCUT2D eigenvalue weighted by Crippen LogP contribution is -2.48. The number of allylic oxidation sites excluding steroid dienone is 1. The predicted molar refractivity (Wildman–Crippen MR) is 137 cm³/mol. The van der Waals surface area contributed by atoms with Crippen molar-refractivity contribution in [1.29, 1.82) is 0 Å². The summed E-state index contributed by atoms with van der Waals surface area (Å²) in [4.78, 5) is 33.1. The Morgan fingerprint density at radius 2 is 1.80 bits per heavy atom. The monoisotopic (exact) mass is 475 g/mol. The van der Waals surface area contributed by atoms with Gasteiger partial charge in [0.1, 0.15) is 0 Å². The zero-order valence-electron chi connectivity index (χ0n) is 19.8. The molecule has 10 nitrogen and oxygen atoms in total. The van der Waals surface area contributed by atoms with E-state index in [0.717, 1.165) is 43.2 Å². The second kappa shape index (κ2) is 11.3. The number of aliphatic imine (C=N–C) groups is 1. The van der Waals surface area contributed by atoms with E-state index in [2.05, 4.69) is 30.6 Å². The van der Waals surface area contributed by atoms with Gasteiger partial charge in [0.2, 0.25) is 0 Å². The van der Waals surface area contributed by atoms with Crippen LogP contribution in [0.15, 0.2) is 70.8 Å². The summed E-state index contributed by atoms with van der Waals surface area (Å²) in [5, 5.41) is 8.82. The zero-order valence-corrected chi connectivity index (χ0v) is 19.8. The number of hydrazone groups is 1. The summed E-state index contributed by atoms with van der Waals surface area (Å²) in [7, 11) is 3.16. The molecule has 10 heteroatoms. The molecule has 0 radical (unpaired) electrons. The molecule has 0 spiro atoms. The van der Waals surface area contributed by atoms with Crippen molar-refractivity contribution in [3.63, 3.8) is 0 Å². The van der Waals surface area contributed by atoms with Gasteiger partial charge in [-0.3, -0.25) is 24.9 Å². The van der Waals surface area contributed by atoms with Gasteiger partial charge in [-0.1, -0.05) is 12.1 Å². The molecule has 1 amide bonds. The maximum Gasteiger partial charge on any atom is 0.319 e. The van der Waals surface area contributed by atoms with E-state index in [1.165, 1.54) is 12.2 Å². The van der Waals surface area contributed by atoms with E-state index in [1.54, 1.807) is 37.5 Å². The first kappa shape index (κ1) is 24.0. The number of benzene rings is 2. The van der Waals surface area contributed by atoms with Crippen LogP contribution in [0.5, 0.6) is 0 Å². The van der Waals surface area contributed by atoms with Gasteiger partial charge in [-0.15, -0.1) is 5.10 Å². The van der Waals surface area contributed by atoms with E-state index in [9.17, 15) is 9.59 Å². The lowest BCUT2D eigenvalue weighted by Gasteiger charge is -2.35. The Balaban J connectivity index is 1.37. The van der Waals surface area contributed by atoms with Crippen LogP contribution in [0.4, 0.5) is 17.1 Å². The van der Waals surface area contributed by atoms with Crippen molar-refractivity contribution in [2.45, 2.75) is 0 Å². The van der Waals surface area contributed by atoms with Gasteiger partial charge in [-0.2, -0.15) is 0 Å². The van der Waals surface area contributed by atoms with E-state index in [0.29, 0.717) is 17.9 Å². The molecular formula is C25H29N7O3. The molecular weight excluding hydrogens is 446 g/mol. The molecule has 2 aromatic rings. The van der Waals surface area contributed by atoms with Crippen LogP contribution in [-0.4, -0.2) is 80.8 Å². The lowest BCUT2D eigenvalue weighted by molar-refractivity contribution is -0.142. The first-order chi connectivity index (χ1) is 17.0. The topological polar surface area (TPSA) is 102 Å². The molecule has 2 aliphatic heterocycles. The van der Waals surface area contributed by atoms with Gasteiger partial charge < -0.3 is 15.0 Å². The van der Waals surface area contributed by atoms with E-state index in [-0.39, 0.29) is 11.9 Å². The molecule has 0 aliphatic carbocycles. The number of nitrogens with zero attached hydrogens (tertiary/aromatic N) is 5. The minimum absolute atomic E-state index is 0.220. The minimum atomic E-state index is -0.259. The number of carbonyl (C=O) groups excluding carboxylic acids is 2. The van der Waals surface area contributed by atoms with E-state index < -0.39 is 0 Å². The van der Waals surface area contributed by atoms with Crippen LogP contribution >= 0.6 is 0 Å². The summed E-state index contributed by atoms with van der Waals surface area (Å²) in [6.07, 6.45) is 5.08. The molecule has 2 aliphatic rings. The van der Waals surface area contributed by atoms with Crippen molar-refractivity contribution >= 4 is 41.0 Å². The first-order valence-corrected chi connectivity index (χ1v) is 11.4. The van der Waals surface area contributed by atoms with Crippen molar-refractivity contribution in [3.8, 4) is 0 Å². The molecule has 182 valence electrons. The molecule has 1 saturated heterocycles. The van der Waals surface area contributed by atoms with Crippen molar-refractivity contribution in [3.05, 3.63) is 66.2 Å². The second-order valence-corrected chi connectivity index (χ2v) is 8.12. The fraction of sp³-hybridized carbons (Fsp3) is 0.280. The molecule has 0 atom stereocenters. The van der Waals surface area contributed by atoms with E-state index in [4.69, 9.17) is 4.74 Å². The largest absolute Gasteiger partial charge is 0.468 e. The quantitative estimate of drug-likeness (QED) is 0.654. The van der Waals surface area contributed by atoms with Crippen LogP contribution in [0.25, 0.3) is 0 Å². The van der Waals surface area contributed by atoms with Gasteiger partial charge in [0, 0.05) is 50.7 Å². The number of amidine groups is 1. The number of amides is 1. The highest BCUT2D eigenvalue weighted by atomic mass is 16.5. The van der Waals surface area contributed by atoms with Gasteiger partial charge in [-0.05, 0) is 48.6 Å². The number of nitrogens with one attached hydrogen (secondary N) is 2. The van der Waals surface area contributed by atoms with Gasteiger partial charge in [0.15, 0.2) is 5.84 Å². The number of methoxy groups -OCH3 is 1. The molecule has 1 fully saturated rings. The van der Waals surface area contributed by atoms with Crippen molar-refractivity contribution < 1.29 is 14.3 Å². The van der Waals surface area contributed by atoms with Crippen LogP contribution in [0, 0.1) is 0 Å². The molecule has 4 rings (SSSR count). The maximum absolute atomic E-state index is 12.9. The highest BCUT2D eigenvalue weighted by molar-refractivity contribution is 6.11. The molecule has 2 aromatic carbocycles. The SMILES string of the molecule is COC(=O)CN1CCN(c2ccc(C(=O)NC3=N/N(C)Nc4ccccc4N=C\C=C\3)cc2)CC1. The predicted octanol–water partition coefficient (Wildman–Crippen LogP) is 2.26.